The second-order valence-electron chi connectivity index (χ2n) is 6.11. The van der Waals surface area contributed by atoms with Gasteiger partial charge in [-0.3, -0.25) is 4.79 Å². The Hall–Kier alpha value is -0.620. The van der Waals surface area contributed by atoms with Gasteiger partial charge in [0.05, 0.1) is 16.9 Å². The van der Waals surface area contributed by atoms with E-state index in [0.29, 0.717) is 13.0 Å². The van der Waals surface area contributed by atoms with Crippen LogP contribution in [0.4, 0.5) is 0 Å². The van der Waals surface area contributed by atoms with Crippen molar-refractivity contribution in [3.05, 3.63) is 0 Å². The van der Waals surface area contributed by atoms with E-state index in [9.17, 15) is 13.2 Å². The normalized spacial score (nSPS) is 32.4. The summed E-state index contributed by atoms with van der Waals surface area (Å²) in [5.41, 5.74) is -0.308. The Labute approximate surface area is 122 Å². The van der Waals surface area contributed by atoms with Gasteiger partial charge >= 0.3 is 0 Å². The molecule has 5 nitrogen and oxygen atoms in total. The van der Waals surface area contributed by atoms with Gasteiger partial charge in [0.15, 0.2) is 9.84 Å². The Kier molecular flexibility index (Phi) is 4.74. The highest BCUT2D eigenvalue weighted by atomic mass is 32.2. The first-order chi connectivity index (χ1) is 9.44. The number of hydrogen-bond acceptors (Lipinski definition) is 4. The second kappa shape index (κ2) is 6.02. The maximum absolute atomic E-state index is 13.0. The van der Waals surface area contributed by atoms with Crippen LogP contribution in [0, 0.1) is 5.41 Å². The van der Waals surface area contributed by atoms with Crippen LogP contribution < -0.4 is 5.32 Å². The van der Waals surface area contributed by atoms with Crippen LogP contribution in [0.2, 0.25) is 0 Å². The molecule has 0 aromatic rings. The van der Waals surface area contributed by atoms with Crippen LogP contribution in [-0.4, -0.2) is 56.4 Å². The number of sulfone groups is 1. The molecular formula is C14H26N2O3S. The fraction of sp³-hybridized carbons (Fsp3) is 0.929. The third-order valence-corrected chi connectivity index (χ3v) is 6.43. The Morgan fingerprint density at radius 2 is 2.15 bits per heavy atom. The van der Waals surface area contributed by atoms with Gasteiger partial charge in [0, 0.05) is 19.1 Å². The Morgan fingerprint density at radius 3 is 2.60 bits per heavy atom. The monoisotopic (exact) mass is 302 g/mol. The van der Waals surface area contributed by atoms with E-state index in [1.807, 2.05) is 11.8 Å². The highest BCUT2D eigenvalue weighted by Gasteiger charge is 2.45. The lowest BCUT2D eigenvalue weighted by molar-refractivity contribution is -0.143. The van der Waals surface area contributed by atoms with Gasteiger partial charge in [-0.1, -0.05) is 13.3 Å². The summed E-state index contributed by atoms with van der Waals surface area (Å²) in [4.78, 5) is 14.8. The van der Waals surface area contributed by atoms with Crippen LogP contribution >= 0.6 is 0 Å². The third-order valence-electron chi connectivity index (χ3n) is 4.68. The average molecular weight is 302 g/mol. The lowest BCUT2D eigenvalue weighted by Gasteiger charge is -2.36. The van der Waals surface area contributed by atoms with Gasteiger partial charge in [0.1, 0.15) is 0 Å². The first kappa shape index (κ1) is 15.8. The summed E-state index contributed by atoms with van der Waals surface area (Å²) in [6, 6.07) is -0.119. The first-order valence-electron chi connectivity index (χ1n) is 7.66. The predicted octanol–water partition coefficient (Wildman–Crippen LogP) is 0.802. The van der Waals surface area contributed by atoms with E-state index in [4.69, 9.17) is 0 Å². The van der Waals surface area contributed by atoms with Crippen LogP contribution in [0.25, 0.3) is 0 Å². The number of carbonyl (C=O) groups is 1. The van der Waals surface area contributed by atoms with E-state index in [2.05, 4.69) is 12.2 Å². The van der Waals surface area contributed by atoms with Gasteiger partial charge in [-0.2, -0.15) is 0 Å². The van der Waals surface area contributed by atoms with E-state index < -0.39 is 9.84 Å². The van der Waals surface area contributed by atoms with Crippen molar-refractivity contribution in [1.29, 1.82) is 0 Å². The minimum atomic E-state index is -2.95. The molecule has 0 aromatic heterocycles. The van der Waals surface area contributed by atoms with Gasteiger partial charge in [-0.25, -0.2) is 8.42 Å². The molecule has 1 N–H and O–H groups in total. The van der Waals surface area contributed by atoms with Crippen LogP contribution in [0.3, 0.4) is 0 Å². The zero-order valence-corrected chi connectivity index (χ0v) is 13.3. The predicted molar refractivity (Wildman–Crippen MR) is 79.3 cm³/mol. The second-order valence-corrected chi connectivity index (χ2v) is 8.33. The zero-order valence-electron chi connectivity index (χ0n) is 12.5. The largest absolute Gasteiger partial charge is 0.338 e. The molecule has 2 unspecified atom stereocenters. The van der Waals surface area contributed by atoms with Gasteiger partial charge in [-0.15, -0.1) is 0 Å². The molecule has 0 radical (unpaired) electrons. The molecule has 1 amide bonds. The third kappa shape index (κ3) is 3.01. The van der Waals surface area contributed by atoms with E-state index in [0.717, 1.165) is 32.4 Å². The van der Waals surface area contributed by atoms with Crippen molar-refractivity contribution in [2.24, 2.45) is 5.41 Å². The average Bonchev–Trinajstić information content (AvgIpc) is 2.99. The lowest BCUT2D eigenvalue weighted by Crippen LogP contribution is -2.50. The number of nitrogens with one attached hydrogen (secondary N) is 1. The van der Waals surface area contributed by atoms with E-state index in [1.165, 1.54) is 0 Å². The van der Waals surface area contributed by atoms with Crippen LogP contribution in [0.1, 0.15) is 39.5 Å². The van der Waals surface area contributed by atoms with Crippen molar-refractivity contribution in [2.75, 3.05) is 31.1 Å². The molecule has 2 fully saturated rings. The number of hydrogen-bond donors (Lipinski definition) is 1. The lowest BCUT2D eigenvalue weighted by atomic mass is 9.80. The van der Waals surface area contributed by atoms with Crippen LogP contribution in [0.15, 0.2) is 0 Å². The molecule has 6 heteroatoms. The zero-order chi connectivity index (χ0) is 14.8. The molecule has 2 saturated heterocycles. The minimum Gasteiger partial charge on any atom is -0.338 e. The van der Waals surface area contributed by atoms with Crippen molar-refractivity contribution in [2.45, 2.75) is 45.6 Å². The molecule has 2 rings (SSSR count). The van der Waals surface area contributed by atoms with Gasteiger partial charge in [0.25, 0.3) is 0 Å². The molecule has 2 aliphatic rings. The summed E-state index contributed by atoms with van der Waals surface area (Å²) in [6.07, 6.45) is 3.33. The fourth-order valence-corrected chi connectivity index (χ4v) is 5.35. The number of amides is 1. The summed E-state index contributed by atoms with van der Waals surface area (Å²) in [6.45, 7) is 6.26. The topological polar surface area (TPSA) is 66.5 Å². The van der Waals surface area contributed by atoms with Crippen molar-refractivity contribution >= 4 is 15.7 Å². The number of rotatable bonds is 5. The summed E-state index contributed by atoms with van der Waals surface area (Å²) in [5.74, 6) is 0.525. The summed E-state index contributed by atoms with van der Waals surface area (Å²) >= 11 is 0. The maximum atomic E-state index is 13.0. The van der Waals surface area contributed by atoms with Crippen LogP contribution in [-0.2, 0) is 14.6 Å². The highest BCUT2D eigenvalue weighted by Crippen LogP contribution is 2.35. The van der Waals surface area contributed by atoms with Gasteiger partial charge in [0.2, 0.25) is 5.91 Å². The Balaban J connectivity index is 2.16. The van der Waals surface area contributed by atoms with Gasteiger partial charge < -0.3 is 10.2 Å². The summed E-state index contributed by atoms with van der Waals surface area (Å²) in [7, 11) is -2.95. The molecule has 2 heterocycles. The van der Waals surface area contributed by atoms with Crippen molar-refractivity contribution in [1.82, 2.24) is 10.2 Å². The molecular weight excluding hydrogens is 276 g/mol. The molecule has 116 valence electrons. The SMILES string of the molecule is CCCC1(C(=O)N(CC)C2CCS(=O)(=O)C2)CCNC1. The molecule has 2 atom stereocenters. The molecule has 20 heavy (non-hydrogen) atoms. The standard InChI is InChI=1S/C14H26N2O3S/c1-3-6-14(7-8-15-11-14)13(17)16(4-2)12-5-9-20(18,19)10-12/h12,15H,3-11H2,1-2H3. The summed E-state index contributed by atoms with van der Waals surface area (Å²) in [5, 5.41) is 3.30. The van der Waals surface area contributed by atoms with E-state index in [1.54, 1.807) is 0 Å². The minimum absolute atomic E-state index is 0.119. The molecule has 0 spiro atoms. The number of nitrogens with zero attached hydrogens (tertiary/aromatic N) is 1. The van der Waals surface area contributed by atoms with Gasteiger partial charge in [-0.05, 0) is 32.7 Å². The molecule has 0 aliphatic carbocycles. The van der Waals surface area contributed by atoms with Crippen LogP contribution in [0.5, 0.6) is 0 Å². The van der Waals surface area contributed by atoms with E-state index >= 15 is 0 Å². The summed E-state index contributed by atoms with van der Waals surface area (Å²) < 4.78 is 23.3. The molecule has 0 bridgehead atoms. The highest BCUT2D eigenvalue weighted by molar-refractivity contribution is 7.91. The van der Waals surface area contributed by atoms with Crippen molar-refractivity contribution < 1.29 is 13.2 Å². The smallest absolute Gasteiger partial charge is 0.230 e. The number of carbonyl (C=O) groups excluding carboxylic acids is 1. The Bertz CT molecular complexity index is 455. The quantitative estimate of drug-likeness (QED) is 0.816. The Morgan fingerprint density at radius 1 is 1.40 bits per heavy atom. The van der Waals surface area contributed by atoms with E-state index in [-0.39, 0.29) is 28.9 Å². The molecule has 2 aliphatic heterocycles. The molecule has 0 saturated carbocycles. The fourth-order valence-electron chi connectivity index (χ4n) is 3.62. The van der Waals surface area contributed by atoms with Crippen molar-refractivity contribution in [3.63, 3.8) is 0 Å². The maximum Gasteiger partial charge on any atom is 0.230 e. The first-order valence-corrected chi connectivity index (χ1v) is 9.48. The molecule has 0 aromatic carbocycles. The van der Waals surface area contributed by atoms with Crippen molar-refractivity contribution in [3.8, 4) is 0 Å².